The number of aromatic nitrogens is 3. The monoisotopic (exact) mass is 300 g/mol. The highest BCUT2D eigenvalue weighted by atomic mass is 32.2. The number of thioether (sulfide) groups is 1. The van der Waals surface area contributed by atoms with Crippen LogP contribution in [0.5, 0.6) is 0 Å². The smallest absolute Gasteiger partial charge is 0.323 e. The number of aryl methyl sites for hydroxylation is 1. The second-order valence-electron chi connectivity index (χ2n) is 4.48. The Labute approximate surface area is 124 Å². The molecule has 20 heavy (non-hydrogen) atoms. The first-order chi connectivity index (χ1) is 9.60. The van der Waals surface area contributed by atoms with Crippen LogP contribution in [0.4, 0.5) is 0 Å². The van der Waals surface area contributed by atoms with Crippen molar-refractivity contribution in [2.75, 3.05) is 18.9 Å². The zero-order chi connectivity index (χ0) is 15.0. The quantitative estimate of drug-likeness (QED) is 0.551. The predicted octanol–water partition coefficient (Wildman–Crippen LogP) is 1.54. The van der Waals surface area contributed by atoms with Crippen molar-refractivity contribution in [2.24, 2.45) is 7.05 Å². The van der Waals surface area contributed by atoms with Gasteiger partial charge in [-0.05, 0) is 33.2 Å². The fraction of sp³-hybridized carbons (Fsp3) is 0.769. The lowest BCUT2D eigenvalue weighted by molar-refractivity contribution is -0.145. The maximum absolute atomic E-state index is 11.8. The summed E-state index contributed by atoms with van der Waals surface area (Å²) in [6.07, 6.45) is 1.71. The normalized spacial score (nSPS) is 12.4. The molecule has 0 amide bonds. The average Bonchev–Trinajstić information content (AvgIpc) is 2.74. The minimum absolute atomic E-state index is 0.171. The largest absolute Gasteiger partial charge is 0.465 e. The Bertz CT molecular complexity index is 423. The summed E-state index contributed by atoms with van der Waals surface area (Å²) in [5.74, 6) is 1.51. The zero-order valence-electron chi connectivity index (χ0n) is 12.7. The van der Waals surface area contributed by atoms with Gasteiger partial charge in [0.05, 0.1) is 6.61 Å². The molecule has 0 aliphatic carbocycles. The van der Waals surface area contributed by atoms with Gasteiger partial charge in [-0.15, -0.1) is 10.2 Å². The highest BCUT2D eigenvalue weighted by molar-refractivity contribution is 7.99. The van der Waals surface area contributed by atoms with Crippen molar-refractivity contribution in [3.8, 4) is 0 Å². The lowest BCUT2D eigenvalue weighted by Crippen LogP contribution is -2.39. The van der Waals surface area contributed by atoms with Crippen molar-refractivity contribution in [1.82, 2.24) is 20.1 Å². The Morgan fingerprint density at radius 3 is 2.75 bits per heavy atom. The van der Waals surface area contributed by atoms with Crippen LogP contribution in [0.1, 0.15) is 32.5 Å². The first kappa shape index (κ1) is 17.0. The third-order valence-electron chi connectivity index (χ3n) is 2.90. The van der Waals surface area contributed by atoms with E-state index in [1.165, 1.54) is 0 Å². The lowest BCUT2D eigenvalue weighted by atomic mass is 10.2. The molecule has 0 aliphatic rings. The molecule has 0 aliphatic heterocycles. The molecule has 114 valence electrons. The van der Waals surface area contributed by atoms with Gasteiger partial charge in [0, 0.05) is 12.8 Å². The van der Waals surface area contributed by atoms with Crippen LogP contribution in [0.3, 0.4) is 0 Å². The van der Waals surface area contributed by atoms with E-state index in [9.17, 15) is 4.79 Å². The van der Waals surface area contributed by atoms with Crippen LogP contribution in [0.2, 0.25) is 0 Å². The van der Waals surface area contributed by atoms with Crippen molar-refractivity contribution in [3.05, 3.63) is 5.82 Å². The van der Waals surface area contributed by atoms with E-state index in [0.717, 1.165) is 36.1 Å². The van der Waals surface area contributed by atoms with Gasteiger partial charge < -0.3 is 14.6 Å². The Morgan fingerprint density at radius 1 is 1.45 bits per heavy atom. The predicted molar refractivity (Wildman–Crippen MR) is 79.8 cm³/mol. The summed E-state index contributed by atoms with van der Waals surface area (Å²) < 4.78 is 7.04. The number of nitrogens with zero attached hydrogens (tertiary/aromatic N) is 3. The molecule has 0 bridgehead atoms. The van der Waals surface area contributed by atoms with E-state index in [2.05, 4.69) is 22.4 Å². The van der Waals surface area contributed by atoms with Gasteiger partial charge in [-0.1, -0.05) is 18.7 Å². The topological polar surface area (TPSA) is 69.0 Å². The Hall–Kier alpha value is -1.08. The summed E-state index contributed by atoms with van der Waals surface area (Å²) in [4.78, 5) is 11.8. The van der Waals surface area contributed by atoms with Crippen LogP contribution in [0, 0.1) is 6.92 Å². The van der Waals surface area contributed by atoms with E-state index >= 15 is 0 Å². The number of carbonyl (C=O) groups excluding carboxylic acids is 1. The van der Waals surface area contributed by atoms with Crippen molar-refractivity contribution < 1.29 is 9.53 Å². The van der Waals surface area contributed by atoms with Gasteiger partial charge in [0.15, 0.2) is 5.16 Å². The molecule has 1 aromatic rings. The summed E-state index contributed by atoms with van der Waals surface area (Å²) in [6.45, 7) is 7.05. The number of ether oxygens (including phenoxy) is 1. The van der Waals surface area contributed by atoms with Gasteiger partial charge in [0.25, 0.3) is 0 Å². The summed E-state index contributed by atoms with van der Waals surface area (Å²) >= 11 is 1.61. The van der Waals surface area contributed by atoms with Gasteiger partial charge >= 0.3 is 5.97 Å². The molecule has 1 rings (SSSR count). The fourth-order valence-electron chi connectivity index (χ4n) is 1.65. The molecule has 1 aromatic heterocycles. The van der Waals surface area contributed by atoms with E-state index in [-0.39, 0.29) is 12.0 Å². The molecule has 1 N–H and O–H groups in total. The Balaban J connectivity index is 2.45. The lowest BCUT2D eigenvalue weighted by Gasteiger charge is -2.16. The highest BCUT2D eigenvalue weighted by Gasteiger charge is 2.19. The molecule has 1 atom stereocenters. The van der Waals surface area contributed by atoms with Gasteiger partial charge in [0.1, 0.15) is 11.9 Å². The van der Waals surface area contributed by atoms with E-state index in [1.807, 2.05) is 25.5 Å². The molecule has 0 saturated carbocycles. The molecule has 0 saturated heterocycles. The van der Waals surface area contributed by atoms with Gasteiger partial charge in [-0.25, -0.2) is 0 Å². The van der Waals surface area contributed by atoms with Gasteiger partial charge in [-0.2, -0.15) is 0 Å². The third-order valence-corrected chi connectivity index (χ3v) is 3.96. The van der Waals surface area contributed by atoms with E-state index in [1.54, 1.807) is 11.8 Å². The molecule has 0 aromatic carbocycles. The van der Waals surface area contributed by atoms with Gasteiger partial charge in [0.2, 0.25) is 0 Å². The maximum atomic E-state index is 11.8. The molecule has 0 radical (unpaired) electrons. The SMILES string of the molecule is CCCNC(CCSc1nnc(C)n1C)C(=O)OCC. The second-order valence-corrected chi connectivity index (χ2v) is 5.55. The molecule has 0 fully saturated rings. The maximum Gasteiger partial charge on any atom is 0.323 e. The van der Waals surface area contributed by atoms with Crippen LogP contribution >= 0.6 is 11.8 Å². The van der Waals surface area contributed by atoms with Gasteiger partial charge in [-0.3, -0.25) is 4.79 Å². The highest BCUT2D eigenvalue weighted by Crippen LogP contribution is 2.17. The van der Waals surface area contributed by atoms with E-state index < -0.39 is 0 Å². The minimum atomic E-state index is -0.239. The molecular weight excluding hydrogens is 276 g/mol. The summed E-state index contributed by atoms with van der Waals surface area (Å²) in [5, 5.41) is 12.2. The number of carbonyl (C=O) groups is 1. The number of rotatable bonds is 9. The molecule has 6 nitrogen and oxygen atoms in total. The van der Waals surface area contributed by atoms with Crippen molar-refractivity contribution in [3.63, 3.8) is 0 Å². The van der Waals surface area contributed by atoms with Crippen LogP contribution in [-0.4, -0.2) is 45.7 Å². The number of hydrogen-bond donors (Lipinski definition) is 1. The minimum Gasteiger partial charge on any atom is -0.465 e. The second kappa shape index (κ2) is 8.97. The molecule has 7 heteroatoms. The molecule has 1 unspecified atom stereocenters. The Kier molecular flexibility index (Phi) is 7.61. The zero-order valence-corrected chi connectivity index (χ0v) is 13.5. The summed E-state index contributed by atoms with van der Waals surface area (Å²) in [7, 11) is 1.94. The average molecular weight is 300 g/mol. The number of nitrogens with one attached hydrogen (secondary N) is 1. The van der Waals surface area contributed by atoms with Crippen molar-refractivity contribution >= 4 is 17.7 Å². The third kappa shape index (κ3) is 5.13. The molecule has 0 spiro atoms. The van der Waals surface area contributed by atoms with E-state index in [4.69, 9.17) is 4.74 Å². The van der Waals surface area contributed by atoms with Crippen LogP contribution < -0.4 is 5.32 Å². The number of hydrogen-bond acceptors (Lipinski definition) is 6. The molecule has 1 heterocycles. The first-order valence-electron chi connectivity index (χ1n) is 6.98. The van der Waals surface area contributed by atoms with E-state index in [0.29, 0.717) is 6.61 Å². The Morgan fingerprint density at radius 2 is 2.20 bits per heavy atom. The summed E-state index contributed by atoms with van der Waals surface area (Å²) in [5.41, 5.74) is 0. The first-order valence-corrected chi connectivity index (χ1v) is 7.97. The summed E-state index contributed by atoms with van der Waals surface area (Å²) in [6, 6.07) is -0.239. The van der Waals surface area contributed by atoms with Crippen molar-refractivity contribution in [2.45, 2.75) is 44.8 Å². The molecular formula is C13H24N4O2S. The van der Waals surface area contributed by atoms with Crippen molar-refractivity contribution in [1.29, 1.82) is 0 Å². The number of esters is 1. The fourth-order valence-corrected chi connectivity index (χ4v) is 2.61. The van der Waals surface area contributed by atoms with Crippen LogP contribution in [0.15, 0.2) is 5.16 Å². The van der Waals surface area contributed by atoms with Crippen LogP contribution in [-0.2, 0) is 16.6 Å². The van der Waals surface area contributed by atoms with Crippen LogP contribution in [0.25, 0.3) is 0 Å². The standard InChI is InChI=1S/C13H24N4O2S/c1-5-8-14-11(12(18)19-6-2)7-9-20-13-16-15-10(3)17(13)4/h11,14H,5-9H2,1-4H3.